The molecule has 0 radical (unpaired) electrons. The van der Waals surface area contributed by atoms with Gasteiger partial charge in [-0.1, -0.05) is 34.8 Å². The first-order chi connectivity index (χ1) is 6.16. The zero-order valence-corrected chi connectivity index (χ0v) is 8.66. The average molecular weight is 232 g/mol. The zero-order chi connectivity index (χ0) is 9.42. The molecule has 0 N–H and O–H groups in total. The van der Waals surface area contributed by atoms with Crippen LogP contribution < -0.4 is 0 Å². The second-order valence-corrected chi connectivity index (χ2v) is 3.82. The van der Waals surface area contributed by atoms with Crippen LogP contribution >= 0.6 is 34.8 Å². The Bertz CT molecular complexity index is 468. The molecule has 0 saturated heterocycles. The Hall–Kier alpha value is -0.500. The van der Waals surface area contributed by atoms with Crippen LogP contribution in [0, 0.1) is 0 Å². The summed E-state index contributed by atoms with van der Waals surface area (Å²) in [4.78, 5) is 4.10. The van der Waals surface area contributed by atoms with Crippen molar-refractivity contribution in [1.29, 1.82) is 0 Å². The highest BCUT2D eigenvalue weighted by molar-refractivity contribution is 6.38. The summed E-state index contributed by atoms with van der Waals surface area (Å²) < 4.78 is 0. The summed E-state index contributed by atoms with van der Waals surface area (Å²) in [5.41, 5.74) is 0.752. The molecular weight excluding hydrogens is 228 g/mol. The number of hydrogen-bond donors (Lipinski definition) is 0. The van der Waals surface area contributed by atoms with Crippen LogP contribution in [0.25, 0.3) is 10.9 Å². The van der Waals surface area contributed by atoms with Gasteiger partial charge in [-0.15, -0.1) is 0 Å². The molecule has 0 aliphatic carbocycles. The molecule has 1 nitrogen and oxygen atoms in total. The SMILES string of the molecule is Clc1ccc2nc(Cl)cc(Cl)c2c1. The zero-order valence-electron chi connectivity index (χ0n) is 6.39. The summed E-state index contributed by atoms with van der Waals surface area (Å²) >= 11 is 17.5. The molecule has 1 aromatic heterocycles. The van der Waals surface area contributed by atoms with E-state index in [1.807, 2.05) is 0 Å². The van der Waals surface area contributed by atoms with Crippen molar-refractivity contribution in [3.8, 4) is 0 Å². The second-order valence-electron chi connectivity index (χ2n) is 2.59. The lowest BCUT2D eigenvalue weighted by atomic mass is 10.2. The molecule has 0 atom stereocenters. The lowest BCUT2D eigenvalue weighted by Crippen LogP contribution is -1.80. The van der Waals surface area contributed by atoms with Crippen molar-refractivity contribution in [3.05, 3.63) is 39.5 Å². The summed E-state index contributed by atoms with van der Waals surface area (Å²) in [6.07, 6.45) is 0. The van der Waals surface area contributed by atoms with Crippen molar-refractivity contribution >= 4 is 45.7 Å². The molecule has 1 aromatic carbocycles. The quantitative estimate of drug-likeness (QED) is 0.621. The van der Waals surface area contributed by atoms with E-state index in [0.29, 0.717) is 15.2 Å². The molecule has 0 spiro atoms. The topological polar surface area (TPSA) is 12.9 Å². The number of aromatic nitrogens is 1. The Labute approximate surface area is 90.2 Å². The fourth-order valence-corrected chi connectivity index (χ4v) is 1.81. The van der Waals surface area contributed by atoms with Crippen LogP contribution in [0.3, 0.4) is 0 Å². The van der Waals surface area contributed by atoms with Gasteiger partial charge in [0.1, 0.15) is 5.15 Å². The molecule has 2 aromatic rings. The van der Waals surface area contributed by atoms with Crippen LogP contribution in [0.4, 0.5) is 0 Å². The van der Waals surface area contributed by atoms with Crippen molar-refractivity contribution in [2.24, 2.45) is 0 Å². The van der Waals surface area contributed by atoms with Crippen LogP contribution in [0.1, 0.15) is 0 Å². The van der Waals surface area contributed by atoms with Crippen molar-refractivity contribution < 1.29 is 0 Å². The van der Waals surface area contributed by atoms with Gasteiger partial charge >= 0.3 is 0 Å². The average Bonchev–Trinajstić information content (AvgIpc) is 2.06. The van der Waals surface area contributed by atoms with Gasteiger partial charge in [0.05, 0.1) is 10.5 Å². The third kappa shape index (κ3) is 1.73. The fourth-order valence-electron chi connectivity index (χ4n) is 1.13. The third-order valence-corrected chi connectivity index (χ3v) is 2.43. The molecule has 0 bridgehead atoms. The van der Waals surface area contributed by atoms with E-state index in [4.69, 9.17) is 34.8 Å². The molecule has 0 aliphatic heterocycles. The summed E-state index contributed by atoms with van der Waals surface area (Å²) in [5, 5.41) is 2.41. The van der Waals surface area contributed by atoms with Gasteiger partial charge in [0.15, 0.2) is 0 Å². The summed E-state index contributed by atoms with van der Waals surface area (Å²) in [5.74, 6) is 0. The van der Waals surface area contributed by atoms with E-state index in [0.717, 1.165) is 10.9 Å². The predicted molar refractivity (Wildman–Crippen MR) is 56.8 cm³/mol. The van der Waals surface area contributed by atoms with Gasteiger partial charge in [-0.2, -0.15) is 0 Å². The molecule has 1 heterocycles. The van der Waals surface area contributed by atoms with Crippen LogP contribution in [0.2, 0.25) is 15.2 Å². The minimum atomic E-state index is 0.389. The summed E-state index contributed by atoms with van der Waals surface area (Å²) in [6.45, 7) is 0. The molecule has 0 saturated carbocycles. The highest BCUT2D eigenvalue weighted by Gasteiger charge is 2.02. The molecule has 13 heavy (non-hydrogen) atoms. The maximum Gasteiger partial charge on any atom is 0.131 e. The van der Waals surface area contributed by atoms with E-state index in [1.54, 1.807) is 24.3 Å². The highest BCUT2D eigenvalue weighted by Crippen LogP contribution is 2.27. The van der Waals surface area contributed by atoms with Gasteiger partial charge in [0, 0.05) is 10.4 Å². The van der Waals surface area contributed by atoms with E-state index in [1.165, 1.54) is 0 Å². The second kappa shape index (κ2) is 3.33. The Morgan fingerprint density at radius 3 is 2.54 bits per heavy atom. The van der Waals surface area contributed by atoms with Gasteiger partial charge in [0.2, 0.25) is 0 Å². The first-order valence-corrected chi connectivity index (χ1v) is 4.71. The summed E-state index contributed by atoms with van der Waals surface area (Å²) in [6, 6.07) is 6.91. The molecule has 0 amide bonds. The maximum atomic E-state index is 5.95. The standard InChI is InChI=1S/C9H4Cl3N/c10-5-1-2-8-6(3-5)7(11)4-9(12)13-8/h1-4H. The van der Waals surface area contributed by atoms with Crippen molar-refractivity contribution in [2.75, 3.05) is 0 Å². The number of pyridine rings is 1. The Morgan fingerprint density at radius 1 is 1.00 bits per heavy atom. The van der Waals surface area contributed by atoms with Gasteiger partial charge in [-0.05, 0) is 24.3 Å². The van der Waals surface area contributed by atoms with Crippen LogP contribution in [-0.2, 0) is 0 Å². The van der Waals surface area contributed by atoms with E-state index >= 15 is 0 Å². The van der Waals surface area contributed by atoms with E-state index in [2.05, 4.69) is 4.98 Å². The van der Waals surface area contributed by atoms with Crippen molar-refractivity contribution in [2.45, 2.75) is 0 Å². The molecule has 66 valence electrons. The first kappa shape index (κ1) is 9.07. The Morgan fingerprint density at radius 2 is 1.77 bits per heavy atom. The number of rotatable bonds is 0. The Balaban J connectivity index is 2.87. The molecule has 0 aliphatic rings. The predicted octanol–water partition coefficient (Wildman–Crippen LogP) is 4.20. The van der Waals surface area contributed by atoms with Crippen molar-refractivity contribution in [3.63, 3.8) is 0 Å². The third-order valence-electron chi connectivity index (χ3n) is 1.69. The summed E-state index contributed by atoms with van der Waals surface area (Å²) in [7, 11) is 0. The minimum absolute atomic E-state index is 0.389. The number of halogens is 3. The highest BCUT2D eigenvalue weighted by atomic mass is 35.5. The minimum Gasteiger partial charge on any atom is -0.236 e. The van der Waals surface area contributed by atoms with E-state index in [-0.39, 0.29) is 0 Å². The van der Waals surface area contributed by atoms with Gasteiger partial charge in [-0.3, -0.25) is 0 Å². The number of hydrogen-bond acceptors (Lipinski definition) is 1. The van der Waals surface area contributed by atoms with Crippen LogP contribution in [-0.4, -0.2) is 4.98 Å². The van der Waals surface area contributed by atoms with Gasteiger partial charge < -0.3 is 0 Å². The first-order valence-electron chi connectivity index (χ1n) is 3.58. The van der Waals surface area contributed by atoms with Gasteiger partial charge in [0.25, 0.3) is 0 Å². The molecule has 2 rings (SSSR count). The van der Waals surface area contributed by atoms with Gasteiger partial charge in [-0.25, -0.2) is 4.98 Å². The number of nitrogens with zero attached hydrogens (tertiary/aromatic N) is 1. The molecule has 0 unspecified atom stereocenters. The van der Waals surface area contributed by atoms with Crippen LogP contribution in [0.15, 0.2) is 24.3 Å². The number of fused-ring (bicyclic) bond motifs is 1. The van der Waals surface area contributed by atoms with E-state index < -0.39 is 0 Å². The van der Waals surface area contributed by atoms with Crippen molar-refractivity contribution in [1.82, 2.24) is 4.98 Å². The number of benzene rings is 1. The molecular formula is C9H4Cl3N. The normalized spacial score (nSPS) is 10.7. The lowest BCUT2D eigenvalue weighted by Gasteiger charge is -2.00. The Kier molecular flexibility index (Phi) is 2.33. The van der Waals surface area contributed by atoms with E-state index in [9.17, 15) is 0 Å². The monoisotopic (exact) mass is 231 g/mol. The smallest absolute Gasteiger partial charge is 0.131 e. The maximum absolute atomic E-state index is 5.95. The largest absolute Gasteiger partial charge is 0.236 e. The lowest BCUT2D eigenvalue weighted by molar-refractivity contribution is 1.41. The molecule has 4 heteroatoms. The van der Waals surface area contributed by atoms with Crippen LogP contribution in [0.5, 0.6) is 0 Å². The molecule has 0 fully saturated rings. The fraction of sp³-hybridized carbons (Fsp3) is 0.